The summed E-state index contributed by atoms with van der Waals surface area (Å²) in [6.45, 7) is 3.83. The third-order valence-corrected chi connectivity index (χ3v) is 4.67. The summed E-state index contributed by atoms with van der Waals surface area (Å²) in [4.78, 5) is 18.9. The second kappa shape index (κ2) is 7.74. The van der Waals surface area contributed by atoms with Crippen LogP contribution in [0.2, 0.25) is 5.02 Å². The van der Waals surface area contributed by atoms with Crippen molar-refractivity contribution in [3.05, 3.63) is 47.1 Å². The lowest BCUT2D eigenvalue weighted by Gasteiger charge is -2.31. The normalized spacial score (nSPS) is 17.2. The van der Waals surface area contributed by atoms with E-state index in [-0.39, 0.29) is 5.91 Å². The molecule has 1 amide bonds. The largest absolute Gasteiger partial charge is 0.495 e. The number of anilines is 2. The predicted molar refractivity (Wildman–Crippen MR) is 99.8 cm³/mol. The standard InChI is InChI=1S/C19H22ClN3O2/c1-13-4-3-9-23(12-13)19(24)14-7-8-21-18(10-14)22-15-5-6-17(25-2)16(20)11-15/h5-8,10-11,13H,3-4,9,12H2,1-2H3,(H,21,22). The molecule has 1 N–H and O–H groups in total. The summed E-state index contributed by atoms with van der Waals surface area (Å²) in [7, 11) is 1.58. The number of likely N-dealkylation sites (tertiary alicyclic amines) is 1. The summed E-state index contributed by atoms with van der Waals surface area (Å²) in [5, 5.41) is 3.70. The van der Waals surface area contributed by atoms with E-state index in [1.165, 1.54) is 6.42 Å². The molecular formula is C19H22ClN3O2. The second-order valence-electron chi connectivity index (χ2n) is 6.40. The number of hydrogen-bond acceptors (Lipinski definition) is 4. The zero-order chi connectivity index (χ0) is 17.8. The summed E-state index contributed by atoms with van der Waals surface area (Å²) >= 11 is 6.15. The van der Waals surface area contributed by atoms with Gasteiger partial charge in [-0.15, -0.1) is 0 Å². The number of hydrogen-bond donors (Lipinski definition) is 1. The molecule has 2 aromatic rings. The predicted octanol–water partition coefficient (Wildman–Crippen LogP) is 4.36. The van der Waals surface area contributed by atoms with Crippen molar-refractivity contribution in [1.29, 1.82) is 0 Å². The van der Waals surface area contributed by atoms with Crippen LogP contribution in [0.5, 0.6) is 5.75 Å². The number of rotatable bonds is 4. The van der Waals surface area contributed by atoms with Crippen molar-refractivity contribution < 1.29 is 9.53 Å². The molecule has 25 heavy (non-hydrogen) atoms. The van der Waals surface area contributed by atoms with Crippen molar-refractivity contribution in [2.45, 2.75) is 19.8 Å². The summed E-state index contributed by atoms with van der Waals surface area (Å²) in [5.41, 5.74) is 1.43. The molecule has 5 nitrogen and oxygen atoms in total. The average molecular weight is 360 g/mol. The molecule has 6 heteroatoms. The van der Waals surface area contributed by atoms with Crippen LogP contribution in [-0.4, -0.2) is 36.0 Å². The highest BCUT2D eigenvalue weighted by molar-refractivity contribution is 6.32. The quantitative estimate of drug-likeness (QED) is 0.881. The molecule has 1 aliphatic rings. The number of halogens is 1. The van der Waals surface area contributed by atoms with Crippen molar-refractivity contribution in [2.24, 2.45) is 5.92 Å². The number of ether oxygens (including phenoxy) is 1. The molecule has 2 heterocycles. The molecule has 1 unspecified atom stereocenters. The van der Waals surface area contributed by atoms with E-state index in [1.54, 1.807) is 37.6 Å². The van der Waals surface area contributed by atoms with Crippen molar-refractivity contribution >= 4 is 29.0 Å². The highest BCUT2D eigenvalue weighted by Gasteiger charge is 2.22. The molecule has 1 aliphatic heterocycles. The molecule has 1 atom stereocenters. The fraction of sp³-hybridized carbons (Fsp3) is 0.368. The Hall–Kier alpha value is -2.27. The topological polar surface area (TPSA) is 54.5 Å². The lowest BCUT2D eigenvalue weighted by atomic mass is 9.99. The van der Waals surface area contributed by atoms with Gasteiger partial charge in [-0.3, -0.25) is 4.79 Å². The number of carbonyl (C=O) groups is 1. The summed E-state index contributed by atoms with van der Waals surface area (Å²) in [6.07, 6.45) is 3.90. The number of piperidine rings is 1. The van der Waals surface area contributed by atoms with E-state index in [0.717, 1.165) is 25.2 Å². The highest BCUT2D eigenvalue weighted by Crippen LogP contribution is 2.28. The molecule has 1 saturated heterocycles. The van der Waals surface area contributed by atoms with Gasteiger partial charge in [-0.1, -0.05) is 18.5 Å². The Morgan fingerprint density at radius 1 is 1.36 bits per heavy atom. The molecule has 0 saturated carbocycles. The van der Waals surface area contributed by atoms with Crippen molar-refractivity contribution in [3.8, 4) is 5.75 Å². The number of methoxy groups -OCH3 is 1. The molecule has 3 rings (SSSR count). The maximum Gasteiger partial charge on any atom is 0.254 e. The van der Waals surface area contributed by atoms with Crippen LogP contribution in [0.15, 0.2) is 36.5 Å². The van der Waals surface area contributed by atoms with Crippen molar-refractivity contribution in [3.63, 3.8) is 0 Å². The molecule has 1 fully saturated rings. The number of nitrogens with zero attached hydrogens (tertiary/aromatic N) is 2. The molecule has 1 aromatic heterocycles. The van der Waals surface area contributed by atoms with Gasteiger partial charge in [0.1, 0.15) is 11.6 Å². The summed E-state index contributed by atoms with van der Waals surface area (Å²) < 4.78 is 5.15. The Kier molecular flexibility index (Phi) is 5.43. The van der Waals surface area contributed by atoms with Crippen molar-refractivity contribution in [1.82, 2.24) is 9.88 Å². The van der Waals surface area contributed by atoms with Gasteiger partial charge in [0, 0.05) is 30.5 Å². The lowest BCUT2D eigenvalue weighted by molar-refractivity contribution is 0.0683. The van der Waals surface area contributed by atoms with Gasteiger partial charge < -0.3 is 15.0 Å². The first kappa shape index (κ1) is 17.5. The smallest absolute Gasteiger partial charge is 0.254 e. The van der Waals surface area contributed by atoms with Crippen LogP contribution in [0.25, 0.3) is 0 Å². The molecular weight excluding hydrogens is 338 g/mol. The highest BCUT2D eigenvalue weighted by atomic mass is 35.5. The summed E-state index contributed by atoms with van der Waals surface area (Å²) in [5.74, 6) is 1.84. The number of carbonyl (C=O) groups excluding carboxylic acids is 1. The van der Waals surface area contributed by atoms with Crippen LogP contribution in [0.4, 0.5) is 11.5 Å². The van der Waals surface area contributed by atoms with E-state index in [2.05, 4.69) is 17.2 Å². The zero-order valence-corrected chi connectivity index (χ0v) is 15.2. The maximum atomic E-state index is 12.7. The Morgan fingerprint density at radius 2 is 2.20 bits per heavy atom. The third-order valence-electron chi connectivity index (χ3n) is 4.38. The molecule has 0 radical (unpaired) electrons. The van der Waals surface area contributed by atoms with Crippen LogP contribution in [0, 0.1) is 5.92 Å². The van der Waals surface area contributed by atoms with Gasteiger partial charge in [0.2, 0.25) is 0 Å². The van der Waals surface area contributed by atoms with Gasteiger partial charge in [0.25, 0.3) is 5.91 Å². The molecule has 1 aromatic carbocycles. The minimum Gasteiger partial charge on any atom is -0.495 e. The van der Waals surface area contributed by atoms with Gasteiger partial charge in [0.15, 0.2) is 0 Å². The first-order valence-electron chi connectivity index (χ1n) is 8.42. The van der Waals surface area contributed by atoms with E-state index < -0.39 is 0 Å². The fourth-order valence-electron chi connectivity index (χ4n) is 3.08. The van der Waals surface area contributed by atoms with Gasteiger partial charge in [-0.05, 0) is 49.1 Å². The third kappa shape index (κ3) is 4.23. The maximum absolute atomic E-state index is 12.7. The first-order valence-corrected chi connectivity index (χ1v) is 8.80. The van der Waals surface area contributed by atoms with E-state index in [0.29, 0.717) is 28.1 Å². The number of amides is 1. The first-order chi connectivity index (χ1) is 12.1. The Labute approximate surface area is 153 Å². The minimum atomic E-state index is 0.0600. The van der Waals surface area contributed by atoms with Gasteiger partial charge in [-0.25, -0.2) is 4.98 Å². The zero-order valence-electron chi connectivity index (χ0n) is 14.5. The van der Waals surface area contributed by atoms with Gasteiger partial charge in [-0.2, -0.15) is 0 Å². The van der Waals surface area contributed by atoms with E-state index in [4.69, 9.17) is 16.3 Å². The van der Waals surface area contributed by atoms with Crippen LogP contribution in [-0.2, 0) is 0 Å². The van der Waals surface area contributed by atoms with Crippen LogP contribution >= 0.6 is 11.6 Å². The molecule has 0 bridgehead atoms. The minimum absolute atomic E-state index is 0.0600. The Morgan fingerprint density at radius 3 is 2.92 bits per heavy atom. The van der Waals surface area contributed by atoms with E-state index in [1.807, 2.05) is 11.0 Å². The number of nitrogens with one attached hydrogen (secondary N) is 1. The number of pyridine rings is 1. The Bertz CT molecular complexity index is 766. The monoisotopic (exact) mass is 359 g/mol. The Balaban J connectivity index is 1.75. The van der Waals surface area contributed by atoms with E-state index in [9.17, 15) is 4.79 Å². The second-order valence-corrected chi connectivity index (χ2v) is 6.81. The van der Waals surface area contributed by atoms with Crippen molar-refractivity contribution in [2.75, 3.05) is 25.5 Å². The molecule has 0 spiro atoms. The fourth-order valence-corrected chi connectivity index (χ4v) is 3.34. The molecule has 132 valence electrons. The summed E-state index contributed by atoms with van der Waals surface area (Å²) in [6, 6.07) is 8.94. The van der Waals surface area contributed by atoms with Gasteiger partial charge in [0.05, 0.1) is 12.1 Å². The lowest BCUT2D eigenvalue weighted by Crippen LogP contribution is -2.39. The van der Waals surface area contributed by atoms with Crippen LogP contribution in [0.3, 0.4) is 0 Å². The van der Waals surface area contributed by atoms with Gasteiger partial charge >= 0.3 is 0 Å². The average Bonchev–Trinajstić information content (AvgIpc) is 2.61. The SMILES string of the molecule is COc1ccc(Nc2cc(C(=O)N3CCCC(C)C3)ccn2)cc1Cl. The van der Waals surface area contributed by atoms with Crippen LogP contribution < -0.4 is 10.1 Å². The van der Waals surface area contributed by atoms with E-state index >= 15 is 0 Å². The number of aromatic nitrogens is 1. The molecule has 0 aliphatic carbocycles. The number of benzene rings is 1. The van der Waals surface area contributed by atoms with Crippen LogP contribution in [0.1, 0.15) is 30.1 Å².